The van der Waals surface area contributed by atoms with E-state index in [1.807, 2.05) is 0 Å². The lowest BCUT2D eigenvalue weighted by atomic mass is 9.33. The molecule has 0 saturated carbocycles. The van der Waals surface area contributed by atoms with Crippen molar-refractivity contribution in [3.8, 4) is 61.3 Å². The number of hydrogen-bond acceptors (Lipinski definition) is 2. The summed E-state index contributed by atoms with van der Waals surface area (Å²) >= 11 is 0. The summed E-state index contributed by atoms with van der Waals surface area (Å²) in [5.41, 5.74) is 31.5. The monoisotopic (exact) mass is 1420 g/mol. The van der Waals surface area contributed by atoms with Gasteiger partial charge in [0, 0.05) is 61.5 Å². The van der Waals surface area contributed by atoms with Crippen molar-refractivity contribution in [2.75, 3.05) is 9.80 Å². The van der Waals surface area contributed by atoms with Crippen molar-refractivity contribution >= 4 is 122 Å². The molecule has 16 aromatic carbocycles. The zero-order chi connectivity index (χ0) is 75.8. The molecule has 3 nitrogen and oxygen atoms in total. The number of fused-ring (bicyclic) bond motifs is 9. The highest BCUT2D eigenvalue weighted by Gasteiger charge is 2.47. The van der Waals surface area contributed by atoms with Crippen LogP contribution < -0.4 is 26.2 Å². The molecule has 0 bridgehead atoms. The minimum Gasteiger partial charge on any atom is -0.310 e. The number of rotatable bonds is 8. The summed E-state index contributed by atoms with van der Waals surface area (Å²) < 4.78 is 2.58. The van der Waals surface area contributed by atoms with Crippen molar-refractivity contribution in [3.05, 3.63) is 325 Å². The molecular weight excluding hydrogens is 1330 g/mol. The summed E-state index contributed by atoms with van der Waals surface area (Å²) in [7, 11) is 0. The summed E-state index contributed by atoms with van der Waals surface area (Å²) in [5.74, 6) is 0. The van der Waals surface area contributed by atoms with Crippen molar-refractivity contribution < 1.29 is 0 Å². The number of benzene rings is 16. The first-order valence-corrected chi connectivity index (χ1v) is 39.6. The van der Waals surface area contributed by atoms with Crippen LogP contribution in [0.25, 0.3) is 126 Å². The van der Waals surface area contributed by atoms with Crippen LogP contribution in [0.2, 0.25) is 0 Å². The molecule has 0 saturated heterocycles. The highest BCUT2D eigenvalue weighted by atomic mass is 15.2. The second-order valence-corrected chi connectivity index (χ2v) is 36.5. The second kappa shape index (κ2) is 24.9. The Labute approximate surface area is 649 Å². The van der Waals surface area contributed by atoms with Crippen LogP contribution in [0.5, 0.6) is 0 Å². The molecule has 0 aliphatic carbocycles. The predicted octanol–water partition coefficient (Wildman–Crippen LogP) is 27.7. The molecular formula is C106H94BN3. The molecule has 0 atom stereocenters. The van der Waals surface area contributed by atoms with Crippen LogP contribution in [0.15, 0.2) is 297 Å². The van der Waals surface area contributed by atoms with Gasteiger partial charge in [-0.2, -0.15) is 0 Å². The van der Waals surface area contributed by atoms with Crippen LogP contribution in [0.3, 0.4) is 0 Å². The molecule has 0 radical (unpaired) electrons. The van der Waals surface area contributed by atoms with Crippen molar-refractivity contribution in [1.82, 2.24) is 4.57 Å². The Morgan fingerprint density at radius 1 is 0.236 bits per heavy atom. The van der Waals surface area contributed by atoms with E-state index in [9.17, 15) is 0 Å². The van der Waals surface area contributed by atoms with Crippen molar-refractivity contribution in [1.29, 1.82) is 0 Å². The number of aromatic nitrogens is 1. The van der Waals surface area contributed by atoms with Crippen LogP contribution >= 0.6 is 0 Å². The average Bonchev–Trinajstić information content (AvgIpc) is 0.729. The van der Waals surface area contributed by atoms with E-state index in [1.165, 1.54) is 148 Å². The Morgan fingerprint density at radius 2 is 0.609 bits per heavy atom. The van der Waals surface area contributed by atoms with Crippen molar-refractivity contribution in [2.45, 2.75) is 131 Å². The van der Waals surface area contributed by atoms with E-state index in [2.05, 4.69) is 415 Å². The maximum atomic E-state index is 2.76. The third kappa shape index (κ3) is 11.1. The second-order valence-electron chi connectivity index (χ2n) is 36.5. The van der Waals surface area contributed by atoms with E-state index in [0.29, 0.717) is 0 Å². The number of hydrogen-bond donors (Lipinski definition) is 0. The fourth-order valence-electron chi connectivity index (χ4n) is 18.2. The Hall–Kier alpha value is -11.7. The molecule has 4 heteroatoms. The van der Waals surface area contributed by atoms with Crippen LogP contribution in [0.4, 0.5) is 34.1 Å². The van der Waals surface area contributed by atoms with Gasteiger partial charge in [0.15, 0.2) is 0 Å². The lowest BCUT2D eigenvalue weighted by Crippen LogP contribution is -2.61. The van der Waals surface area contributed by atoms with E-state index in [0.717, 1.165) is 56.3 Å². The predicted molar refractivity (Wildman–Crippen MR) is 477 cm³/mol. The third-order valence-corrected chi connectivity index (χ3v) is 24.2. The maximum absolute atomic E-state index is 2.76. The lowest BCUT2D eigenvalue weighted by molar-refractivity contribution is 0.590. The molecule has 17 aromatic rings. The van der Waals surface area contributed by atoms with Crippen LogP contribution in [0.1, 0.15) is 132 Å². The van der Waals surface area contributed by atoms with Crippen LogP contribution in [-0.4, -0.2) is 11.3 Å². The van der Waals surface area contributed by atoms with E-state index in [4.69, 9.17) is 0 Å². The van der Waals surface area contributed by atoms with Gasteiger partial charge in [0.05, 0.1) is 22.4 Å². The third-order valence-electron chi connectivity index (χ3n) is 24.2. The lowest BCUT2D eigenvalue weighted by Gasteiger charge is -2.47. The molecule has 2 aliphatic heterocycles. The van der Waals surface area contributed by atoms with Gasteiger partial charge in [-0.15, -0.1) is 0 Å². The molecule has 0 N–H and O–H groups in total. The zero-order valence-electron chi connectivity index (χ0n) is 66.2. The molecule has 0 unspecified atom stereocenters. The fraction of sp³-hybridized carbons (Fsp3) is 0.189. The Balaban J connectivity index is 0.988. The molecule has 536 valence electrons. The average molecular weight is 1420 g/mol. The zero-order valence-corrected chi connectivity index (χ0v) is 66.2. The minimum absolute atomic E-state index is 0.0591. The van der Waals surface area contributed by atoms with Crippen molar-refractivity contribution in [3.63, 3.8) is 0 Å². The summed E-state index contributed by atoms with van der Waals surface area (Å²) in [6.45, 7) is 35.2. The SMILES string of the molecule is CC(C)(C)c1cc(-c2ccccc2)c(N2c3cc(-c4cc5cccc6c7cccc8cccc(c(c4)c56)c87)ccc3B3c4ccc(-n5c6ccc(C(C)(C)C)cc6c6cc(C(C)(C)C)ccc65)cc4N(c4c(-c5ccccc5)cc(C(C)(C)C)cc4-c4ccccc4)c4cc(C(C)(C)C)cc2c43)c(-c2ccccc2)c1. The van der Waals surface area contributed by atoms with Gasteiger partial charge in [0.25, 0.3) is 6.71 Å². The standard InChI is InChI=1S/C106H94BN3/c1-102(2,3)73-46-51-91-86(56-73)87-57-74(103(4,5)6)47-52-92(87)108(91)78-48-50-90-94(64-78)110(101-84(67-35-24-18-25-36-67)60-76(105(10,11)12)61-85(101)68-37-26-19-27-38-68)96-63-77(106(13,14)15)62-95-99(96)107(90)89-49-45-70(72-53-71-41-30-43-80-79-42-28-39-69-40-29-44-81(97(69)79)88(54-72)98(71)80)55-93(89)109(95)100-82(65-31-20-16-21-32-65)58-75(104(7,8)9)59-83(100)66-33-22-17-23-34-66/h16-64H,1-15H3. The molecule has 0 amide bonds. The van der Waals surface area contributed by atoms with Gasteiger partial charge in [-0.05, 0) is 239 Å². The first kappa shape index (κ1) is 68.8. The quantitative estimate of drug-likeness (QED) is 0.0853. The number of nitrogens with zero attached hydrogens (tertiary/aromatic N) is 3. The van der Waals surface area contributed by atoms with E-state index in [1.54, 1.807) is 0 Å². The van der Waals surface area contributed by atoms with E-state index >= 15 is 0 Å². The largest absolute Gasteiger partial charge is 0.310 e. The topological polar surface area (TPSA) is 11.4 Å². The summed E-state index contributed by atoms with van der Waals surface area (Å²) in [6, 6.07) is 116. The first-order chi connectivity index (χ1) is 52.7. The smallest absolute Gasteiger partial charge is 0.252 e. The summed E-state index contributed by atoms with van der Waals surface area (Å²) in [4.78, 5) is 5.51. The van der Waals surface area contributed by atoms with Crippen LogP contribution in [-0.2, 0) is 27.1 Å². The van der Waals surface area contributed by atoms with Gasteiger partial charge in [0.2, 0.25) is 0 Å². The highest BCUT2D eigenvalue weighted by molar-refractivity contribution is 7.00. The maximum Gasteiger partial charge on any atom is 0.252 e. The normalized spacial score (nSPS) is 13.4. The summed E-state index contributed by atoms with van der Waals surface area (Å²) in [6.07, 6.45) is 0. The molecule has 19 rings (SSSR count). The van der Waals surface area contributed by atoms with E-state index < -0.39 is 0 Å². The van der Waals surface area contributed by atoms with Crippen molar-refractivity contribution in [2.24, 2.45) is 0 Å². The highest BCUT2D eigenvalue weighted by Crippen LogP contribution is 2.56. The van der Waals surface area contributed by atoms with Gasteiger partial charge in [0.1, 0.15) is 0 Å². The Bertz CT molecular complexity index is 6380. The van der Waals surface area contributed by atoms with E-state index in [-0.39, 0.29) is 33.8 Å². The minimum atomic E-state index is -0.336. The van der Waals surface area contributed by atoms with Gasteiger partial charge >= 0.3 is 0 Å². The van der Waals surface area contributed by atoms with Gasteiger partial charge in [-0.3, -0.25) is 0 Å². The van der Waals surface area contributed by atoms with Crippen LogP contribution in [0, 0.1) is 0 Å². The first-order valence-electron chi connectivity index (χ1n) is 39.6. The fourth-order valence-corrected chi connectivity index (χ4v) is 18.2. The molecule has 0 fully saturated rings. The van der Waals surface area contributed by atoms with Gasteiger partial charge in [-0.1, -0.05) is 310 Å². The Morgan fingerprint density at radius 3 is 1.03 bits per heavy atom. The number of anilines is 6. The Kier molecular flexibility index (Phi) is 15.6. The van der Waals surface area contributed by atoms with Gasteiger partial charge in [-0.25, -0.2) is 0 Å². The molecule has 3 heterocycles. The van der Waals surface area contributed by atoms with Gasteiger partial charge < -0.3 is 14.4 Å². The molecule has 2 aliphatic rings. The molecule has 1 aromatic heterocycles. The molecule has 110 heavy (non-hydrogen) atoms. The summed E-state index contributed by atoms with van der Waals surface area (Å²) in [5, 5.41) is 12.8. The molecule has 0 spiro atoms.